The maximum absolute atomic E-state index is 11.3. The number of Topliss-reactive ketones (excluding diaryl/α,β-unsaturated/α-hetero) is 1. The number of carbonyl (C=O) groups is 1. The van der Waals surface area contributed by atoms with Gasteiger partial charge >= 0.3 is 29.6 Å². The Kier molecular flexibility index (Phi) is 23.6. The Labute approximate surface area is 329 Å². The van der Waals surface area contributed by atoms with Gasteiger partial charge in [-0.1, -0.05) is 37.1 Å². The van der Waals surface area contributed by atoms with E-state index in [0.29, 0.717) is 17.6 Å². The van der Waals surface area contributed by atoms with Crippen LogP contribution in [-0.2, 0) is 4.79 Å². The van der Waals surface area contributed by atoms with Crippen LogP contribution in [0.1, 0.15) is 127 Å². The standard InChI is InChI=1S/C20H31NO2.C20H29NO2.CH4O.B.Na.H/c2*22-19-9-5-17(6-10-19)18-7-11-20(12-8-18)23-16-4-15-21-13-2-1-3-14-21;1-2;;;/h7-8,11-12,17,19,22H,1-6,9-10,13-16H2;7-8,11-12,17H,1-6,9-10,13-16H2;2H,1H3;;;/q;;;;+1;-1. The van der Waals surface area contributed by atoms with Crippen LogP contribution in [0.2, 0.25) is 0 Å². The quantitative estimate of drug-likeness (QED) is 0.250. The summed E-state index contributed by atoms with van der Waals surface area (Å²) in [5, 5.41) is 16.6. The van der Waals surface area contributed by atoms with Crippen molar-refractivity contribution in [3.05, 3.63) is 59.7 Å². The van der Waals surface area contributed by atoms with E-state index >= 15 is 0 Å². The van der Waals surface area contributed by atoms with Crippen molar-refractivity contribution in [3.63, 3.8) is 0 Å². The number of benzene rings is 2. The van der Waals surface area contributed by atoms with Crippen LogP contribution in [0.4, 0.5) is 0 Å². The second-order valence-electron chi connectivity index (χ2n) is 14.2. The Morgan fingerprint density at radius 3 is 1.40 bits per heavy atom. The Bertz CT molecular complexity index is 1130. The molecule has 50 heavy (non-hydrogen) atoms. The molecule has 3 radical (unpaired) electrons. The summed E-state index contributed by atoms with van der Waals surface area (Å²) in [6, 6.07) is 17.2. The second kappa shape index (κ2) is 26.4. The number of likely N-dealkylation sites (tertiary alicyclic amines) is 2. The summed E-state index contributed by atoms with van der Waals surface area (Å²) >= 11 is 0. The van der Waals surface area contributed by atoms with Gasteiger partial charge in [0.25, 0.3) is 0 Å². The van der Waals surface area contributed by atoms with Gasteiger partial charge in [0.15, 0.2) is 0 Å². The van der Waals surface area contributed by atoms with Crippen LogP contribution in [0.15, 0.2) is 48.5 Å². The predicted octanol–water partition coefficient (Wildman–Crippen LogP) is 4.47. The molecule has 0 unspecified atom stereocenters. The van der Waals surface area contributed by atoms with Crippen molar-refractivity contribution in [2.75, 3.05) is 59.6 Å². The summed E-state index contributed by atoms with van der Waals surface area (Å²) < 4.78 is 11.8. The van der Waals surface area contributed by atoms with Crippen LogP contribution < -0.4 is 39.0 Å². The summed E-state index contributed by atoms with van der Waals surface area (Å²) in [4.78, 5) is 16.5. The third-order valence-corrected chi connectivity index (χ3v) is 10.6. The van der Waals surface area contributed by atoms with Crippen molar-refractivity contribution < 1.29 is 55.5 Å². The van der Waals surface area contributed by atoms with Gasteiger partial charge in [0.2, 0.25) is 0 Å². The van der Waals surface area contributed by atoms with Crippen molar-refractivity contribution in [1.82, 2.24) is 9.80 Å². The fourth-order valence-corrected chi connectivity index (χ4v) is 7.68. The molecule has 2 aromatic rings. The molecular weight excluding hydrogens is 634 g/mol. The molecule has 2 aromatic carbocycles. The maximum Gasteiger partial charge on any atom is 1.00 e. The summed E-state index contributed by atoms with van der Waals surface area (Å²) in [6.45, 7) is 9.00. The minimum absolute atomic E-state index is 0. The normalized spacial score (nSPS) is 21.6. The van der Waals surface area contributed by atoms with Crippen LogP contribution in [0.25, 0.3) is 0 Å². The van der Waals surface area contributed by atoms with Crippen LogP contribution in [0, 0.1) is 0 Å². The van der Waals surface area contributed by atoms with E-state index in [1.165, 1.54) is 82.4 Å². The number of piperidine rings is 2. The Balaban J connectivity index is 0.000000461. The van der Waals surface area contributed by atoms with Crippen molar-refractivity contribution in [1.29, 1.82) is 0 Å². The monoisotopic (exact) mass is 699 g/mol. The van der Waals surface area contributed by atoms with Crippen LogP contribution >= 0.6 is 0 Å². The number of aliphatic hydroxyl groups excluding tert-OH is 2. The van der Waals surface area contributed by atoms with Gasteiger partial charge in [-0.15, -0.1) is 0 Å². The second-order valence-corrected chi connectivity index (χ2v) is 14.2. The molecule has 2 saturated heterocycles. The molecule has 9 heteroatoms. The fraction of sp³-hybridized carbons (Fsp3) is 0.683. The zero-order valence-electron chi connectivity index (χ0n) is 32.4. The SMILES string of the molecule is CO.O=C1CCC(c2ccc(OCCCN3CCCCC3)cc2)CC1.OC1CCC(c2ccc(OCCCN3CCCCC3)cc2)CC1.[B].[H-].[Na+]. The number of rotatable bonds is 12. The van der Waals surface area contributed by atoms with Gasteiger partial charge in [-0.25, -0.2) is 0 Å². The summed E-state index contributed by atoms with van der Waals surface area (Å²) in [5.41, 5.74) is 2.76. The van der Waals surface area contributed by atoms with E-state index < -0.39 is 0 Å². The molecule has 4 aliphatic rings. The van der Waals surface area contributed by atoms with Gasteiger partial charge in [0.1, 0.15) is 17.3 Å². The first kappa shape index (κ1) is 44.8. The van der Waals surface area contributed by atoms with E-state index in [9.17, 15) is 9.90 Å². The first-order valence-corrected chi connectivity index (χ1v) is 19.2. The van der Waals surface area contributed by atoms with Crippen molar-refractivity contribution >= 4 is 14.2 Å². The molecule has 0 bridgehead atoms. The van der Waals surface area contributed by atoms with E-state index in [1.54, 1.807) is 0 Å². The van der Waals surface area contributed by atoms with E-state index in [0.717, 1.165) is 103 Å². The molecule has 4 fully saturated rings. The van der Waals surface area contributed by atoms with Crippen molar-refractivity contribution in [3.8, 4) is 11.5 Å². The Morgan fingerprint density at radius 2 is 1.00 bits per heavy atom. The first-order chi connectivity index (χ1) is 23.6. The molecule has 0 amide bonds. The number of hydrogen-bond donors (Lipinski definition) is 2. The van der Waals surface area contributed by atoms with Crippen LogP contribution in [0.5, 0.6) is 11.5 Å². The molecule has 2 aliphatic heterocycles. The number of ether oxygens (including phenoxy) is 2. The maximum atomic E-state index is 11.3. The van der Waals surface area contributed by atoms with Crippen LogP contribution in [-0.4, -0.2) is 99.9 Å². The van der Waals surface area contributed by atoms with E-state index in [1.807, 2.05) is 0 Å². The van der Waals surface area contributed by atoms with Gasteiger partial charge in [-0.05, 0) is 150 Å². The summed E-state index contributed by atoms with van der Waals surface area (Å²) in [5.74, 6) is 3.56. The number of ketones is 1. The molecule has 0 spiro atoms. The van der Waals surface area contributed by atoms with Gasteiger partial charge in [0.05, 0.1) is 19.3 Å². The Morgan fingerprint density at radius 1 is 0.620 bits per heavy atom. The van der Waals surface area contributed by atoms with Gasteiger partial charge in [0, 0.05) is 41.5 Å². The minimum Gasteiger partial charge on any atom is -1.00 e. The predicted molar refractivity (Wildman–Crippen MR) is 202 cm³/mol. The number of nitrogens with zero attached hydrogens (tertiary/aromatic N) is 2. The van der Waals surface area contributed by atoms with Crippen molar-refractivity contribution in [2.45, 2.75) is 121 Å². The number of hydrogen-bond acceptors (Lipinski definition) is 7. The third kappa shape index (κ3) is 16.5. The molecule has 7 nitrogen and oxygen atoms in total. The molecule has 2 aliphatic carbocycles. The molecule has 2 N–H and O–H groups in total. The minimum atomic E-state index is -0.0752. The summed E-state index contributed by atoms with van der Waals surface area (Å²) in [7, 11) is 1.00. The Hall–Kier alpha value is -1.39. The van der Waals surface area contributed by atoms with Crippen LogP contribution in [0.3, 0.4) is 0 Å². The van der Waals surface area contributed by atoms with E-state index in [-0.39, 0.29) is 45.5 Å². The molecule has 0 aromatic heterocycles. The average Bonchev–Trinajstić information content (AvgIpc) is 3.15. The smallest absolute Gasteiger partial charge is 1.00 e. The molecule has 273 valence electrons. The molecule has 2 heterocycles. The zero-order valence-corrected chi connectivity index (χ0v) is 33.4. The number of aliphatic hydroxyl groups is 2. The average molecular weight is 700 g/mol. The van der Waals surface area contributed by atoms with Crippen molar-refractivity contribution in [2.24, 2.45) is 0 Å². The fourth-order valence-electron chi connectivity index (χ4n) is 7.68. The van der Waals surface area contributed by atoms with Gasteiger partial charge in [-0.2, -0.15) is 0 Å². The molecular formula is C41H65BN2NaO5. The summed E-state index contributed by atoms with van der Waals surface area (Å²) in [6.07, 6.45) is 18.0. The molecule has 2 saturated carbocycles. The van der Waals surface area contributed by atoms with E-state index in [4.69, 9.17) is 14.6 Å². The van der Waals surface area contributed by atoms with Gasteiger partial charge < -0.3 is 30.9 Å². The number of carbonyl (C=O) groups excluding carboxylic acids is 1. The largest absolute Gasteiger partial charge is 1.00 e. The first-order valence-electron chi connectivity index (χ1n) is 19.2. The molecule has 0 atom stereocenters. The van der Waals surface area contributed by atoms with E-state index in [2.05, 4.69) is 58.3 Å². The third-order valence-electron chi connectivity index (χ3n) is 10.6. The zero-order chi connectivity index (χ0) is 33.8. The van der Waals surface area contributed by atoms with Gasteiger partial charge in [-0.3, -0.25) is 4.79 Å². The topological polar surface area (TPSA) is 82.5 Å². The molecule has 6 rings (SSSR count).